The fourth-order valence-electron chi connectivity index (χ4n) is 2.53. The Morgan fingerprint density at radius 1 is 1.04 bits per heavy atom. The Balaban J connectivity index is 1.98. The number of hydrogen-bond donors (Lipinski definition) is 0. The summed E-state index contributed by atoms with van der Waals surface area (Å²) in [6.07, 6.45) is 1.09. The van der Waals surface area contributed by atoms with Gasteiger partial charge in [0.2, 0.25) is 5.91 Å². The molecule has 0 radical (unpaired) electrons. The first-order valence-electron chi connectivity index (χ1n) is 7.54. The van der Waals surface area contributed by atoms with E-state index in [-0.39, 0.29) is 11.7 Å². The van der Waals surface area contributed by atoms with Gasteiger partial charge in [-0.05, 0) is 38.1 Å². The van der Waals surface area contributed by atoms with Gasteiger partial charge in [-0.25, -0.2) is 8.42 Å². The lowest BCUT2D eigenvalue weighted by Gasteiger charge is -2.37. The number of piperazine rings is 1. The number of amides is 1. The first-order chi connectivity index (χ1) is 10.7. The van der Waals surface area contributed by atoms with Gasteiger partial charge in [-0.15, -0.1) is 0 Å². The smallest absolute Gasteiger partial charge is 0.240 e. The third-order valence-corrected chi connectivity index (χ3v) is 5.71. The number of ketones is 1. The number of rotatable bonds is 4. The van der Waals surface area contributed by atoms with Crippen LogP contribution in [0, 0.1) is 0 Å². The topological polar surface area (TPSA) is 74.8 Å². The molecule has 1 amide bonds. The van der Waals surface area contributed by atoms with E-state index < -0.39 is 15.1 Å². The molecule has 0 aliphatic carbocycles. The zero-order chi connectivity index (χ0) is 17.2. The molecule has 1 aromatic carbocycles. The summed E-state index contributed by atoms with van der Waals surface area (Å²) < 4.78 is 23.0. The normalized spacial score (nSPS) is 17.0. The van der Waals surface area contributed by atoms with Crippen LogP contribution in [0.1, 0.15) is 24.2 Å². The highest BCUT2D eigenvalue weighted by atomic mass is 32.2. The minimum absolute atomic E-state index is 0.0294. The molecule has 23 heavy (non-hydrogen) atoms. The first kappa shape index (κ1) is 17.5. The van der Waals surface area contributed by atoms with Gasteiger partial charge < -0.3 is 9.80 Å². The van der Waals surface area contributed by atoms with Crippen molar-refractivity contribution in [2.75, 3.05) is 37.3 Å². The van der Waals surface area contributed by atoms with E-state index in [0.717, 1.165) is 11.9 Å². The summed E-state index contributed by atoms with van der Waals surface area (Å²) in [5.41, 5.74) is 1.67. The second-order valence-electron chi connectivity index (χ2n) is 5.89. The van der Waals surface area contributed by atoms with Crippen LogP contribution >= 0.6 is 0 Å². The molecule has 0 N–H and O–H groups in total. The number of sulfone groups is 1. The highest BCUT2D eigenvalue weighted by Gasteiger charge is 2.30. The van der Waals surface area contributed by atoms with Gasteiger partial charge in [0.05, 0.1) is 0 Å². The van der Waals surface area contributed by atoms with E-state index in [0.29, 0.717) is 31.7 Å². The van der Waals surface area contributed by atoms with E-state index in [2.05, 4.69) is 4.90 Å². The molecule has 0 spiro atoms. The van der Waals surface area contributed by atoms with Crippen molar-refractivity contribution >= 4 is 27.2 Å². The Morgan fingerprint density at radius 2 is 1.57 bits per heavy atom. The van der Waals surface area contributed by atoms with E-state index in [4.69, 9.17) is 0 Å². The number of anilines is 1. The summed E-state index contributed by atoms with van der Waals surface area (Å²) in [5.74, 6) is -0.305. The maximum atomic E-state index is 12.2. The Morgan fingerprint density at radius 3 is 2.00 bits per heavy atom. The van der Waals surface area contributed by atoms with Crippen molar-refractivity contribution in [1.82, 2.24) is 4.90 Å². The molecule has 1 fully saturated rings. The highest BCUT2D eigenvalue weighted by Crippen LogP contribution is 2.18. The van der Waals surface area contributed by atoms with Gasteiger partial charge in [0.1, 0.15) is 5.25 Å². The molecule has 1 heterocycles. The Bertz CT molecular complexity index is 689. The largest absolute Gasteiger partial charge is 0.368 e. The molecule has 2 rings (SSSR count). The Hall–Kier alpha value is -1.89. The molecule has 1 atom stereocenters. The summed E-state index contributed by atoms with van der Waals surface area (Å²) in [4.78, 5) is 27.2. The predicted molar refractivity (Wildman–Crippen MR) is 89.5 cm³/mol. The minimum atomic E-state index is -3.37. The molecule has 6 nitrogen and oxygen atoms in total. The number of carbonyl (C=O) groups excluding carboxylic acids is 2. The third kappa shape index (κ3) is 4.10. The highest BCUT2D eigenvalue weighted by molar-refractivity contribution is 7.92. The van der Waals surface area contributed by atoms with Crippen LogP contribution in [0.15, 0.2) is 24.3 Å². The summed E-state index contributed by atoms with van der Waals surface area (Å²) >= 11 is 0. The van der Waals surface area contributed by atoms with Crippen LogP contribution in [-0.2, 0) is 14.6 Å². The molecule has 1 aliphatic rings. The summed E-state index contributed by atoms with van der Waals surface area (Å²) in [7, 11) is -3.37. The fraction of sp³-hybridized carbons (Fsp3) is 0.500. The average Bonchev–Trinajstić information content (AvgIpc) is 2.53. The molecule has 0 saturated carbocycles. The molecule has 0 bridgehead atoms. The molecule has 0 unspecified atom stereocenters. The monoisotopic (exact) mass is 338 g/mol. The fourth-order valence-corrected chi connectivity index (χ4v) is 3.05. The number of benzene rings is 1. The van der Waals surface area contributed by atoms with Crippen molar-refractivity contribution < 1.29 is 18.0 Å². The van der Waals surface area contributed by atoms with Crippen LogP contribution in [0.5, 0.6) is 0 Å². The van der Waals surface area contributed by atoms with Crippen LogP contribution in [0.2, 0.25) is 0 Å². The standard InChI is InChI=1S/C16H22N2O4S/c1-12(19)14-4-6-15(7-5-14)17-8-10-18(11-9-17)16(20)13(2)23(3,21)22/h4-7,13H,8-11H2,1-3H3/t13-/m1/s1. The van der Waals surface area contributed by atoms with E-state index in [1.165, 1.54) is 13.8 Å². The third-order valence-electron chi connectivity index (χ3n) is 4.22. The molecule has 1 aliphatic heterocycles. The van der Waals surface area contributed by atoms with E-state index in [9.17, 15) is 18.0 Å². The zero-order valence-corrected chi connectivity index (χ0v) is 14.5. The van der Waals surface area contributed by atoms with E-state index in [1.54, 1.807) is 17.0 Å². The van der Waals surface area contributed by atoms with Crippen molar-refractivity contribution in [2.24, 2.45) is 0 Å². The summed E-state index contributed by atoms with van der Waals surface area (Å²) in [6.45, 7) is 5.23. The second kappa shape index (κ2) is 6.70. The number of carbonyl (C=O) groups is 2. The first-order valence-corrected chi connectivity index (χ1v) is 9.49. The number of hydrogen-bond acceptors (Lipinski definition) is 5. The minimum Gasteiger partial charge on any atom is -0.368 e. The van der Waals surface area contributed by atoms with Crippen molar-refractivity contribution in [3.63, 3.8) is 0 Å². The van der Waals surface area contributed by atoms with Crippen LogP contribution < -0.4 is 4.90 Å². The lowest BCUT2D eigenvalue weighted by atomic mass is 10.1. The summed E-state index contributed by atoms with van der Waals surface area (Å²) in [6, 6.07) is 7.38. The molecule has 1 saturated heterocycles. The van der Waals surface area contributed by atoms with Crippen molar-refractivity contribution in [2.45, 2.75) is 19.1 Å². The second-order valence-corrected chi connectivity index (χ2v) is 8.25. The van der Waals surface area contributed by atoms with Gasteiger partial charge in [-0.3, -0.25) is 9.59 Å². The molecule has 1 aromatic rings. The zero-order valence-electron chi connectivity index (χ0n) is 13.7. The lowest BCUT2D eigenvalue weighted by Crippen LogP contribution is -2.52. The van der Waals surface area contributed by atoms with Crippen LogP contribution in [0.4, 0.5) is 5.69 Å². The van der Waals surface area contributed by atoms with E-state index >= 15 is 0 Å². The SMILES string of the molecule is CC(=O)c1ccc(N2CCN(C(=O)[C@@H](C)S(C)(=O)=O)CC2)cc1. The number of Topliss-reactive ketones (excluding diaryl/α,β-unsaturated/α-hetero) is 1. The van der Waals surface area contributed by atoms with Gasteiger partial charge in [-0.1, -0.05) is 0 Å². The van der Waals surface area contributed by atoms with Crippen molar-refractivity contribution in [1.29, 1.82) is 0 Å². The van der Waals surface area contributed by atoms with Gasteiger partial charge >= 0.3 is 0 Å². The Kier molecular flexibility index (Phi) is 5.09. The quantitative estimate of drug-likeness (QED) is 0.765. The average molecular weight is 338 g/mol. The predicted octanol–water partition coefficient (Wildman–Crippen LogP) is 0.971. The van der Waals surface area contributed by atoms with Crippen LogP contribution in [-0.4, -0.2) is 62.7 Å². The van der Waals surface area contributed by atoms with Crippen molar-refractivity contribution in [3.05, 3.63) is 29.8 Å². The molecule has 126 valence electrons. The number of nitrogens with zero attached hydrogens (tertiary/aromatic N) is 2. The lowest BCUT2D eigenvalue weighted by molar-refractivity contribution is -0.130. The maximum absolute atomic E-state index is 12.2. The van der Waals surface area contributed by atoms with Crippen LogP contribution in [0.3, 0.4) is 0 Å². The van der Waals surface area contributed by atoms with Gasteiger partial charge in [-0.2, -0.15) is 0 Å². The molecule has 7 heteroatoms. The van der Waals surface area contributed by atoms with Gasteiger partial charge in [0.25, 0.3) is 0 Å². The van der Waals surface area contributed by atoms with Gasteiger partial charge in [0.15, 0.2) is 15.6 Å². The maximum Gasteiger partial charge on any atom is 0.240 e. The summed E-state index contributed by atoms with van der Waals surface area (Å²) in [5, 5.41) is -0.996. The van der Waals surface area contributed by atoms with E-state index in [1.807, 2.05) is 12.1 Å². The van der Waals surface area contributed by atoms with Crippen molar-refractivity contribution in [3.8, 4) is 0 Å². The molecular weight excluding hydrogens is 316 g/mol. The van der Waals surface area contributed by atoms with Gasteiger partial charge in [0, 0.05) is 43.7 Å². The van der Waals surface area contributed by atoms with Crippen LogP contribution in [0.25, 0.3) is 0 Å². The molecular formula is C16H22N2O4S. The molecule has 0 aromatic heterocycles. The Labute approximate surface area is 137 Å².